The van der Waals surface area contributed by atoms with E-state index in [1.165, 1.54) is 30.5 Å². The van der Waals surface area contributed by atoms with E-state index in [4.69, 9.17) is 9.47 Å². The van der Waals surface area contributed by atoms with E-state index in [2.05, 4.69) is 10.5 Å². The van der Waals surface area contributed by atoms with Crippen molar-refractivity contribution in [2.75, 3.05) is 7.11 Å². The minimum absolute atomic E-state index is 0.0847. The molecule has 0 bridgehead atoms. The van der Waals surface area contributed by atoms with Crippen molar-refractivity contribution in [3.8, 4) is 11.5 Å². The Morgan fingerprint density at radius 2 is 2.00 bits per heavy atom. The number of carbonyl (C=O) groups excluding carboxylic acids is 1. The highest BCUT2D eigenvalue weighted by Crippen LogP contribution is 2.28. The molecule has 0 saturated carbocycles. The van der Waals surface area contributed by atoms with E-state index in [0.29, 0.717) is 23.7 Å². The Kier molecular flexibility index (Phi) is 6.54. The van der Waals surface area contributed by atoms with Crippen LogP contribution in [-0.4, -0.2) is 24.2 Å². The Morgan fingerprint density at radius 3 is 2.66 bits per heavy atom. The van der Waals surface area contributed by atoms with E-state index in [1.807, 2.05) is 17.5 Å². The molecule has 0 atom stereocenters. The number of carbonyl (C=O) groups is 1. The molecule has 8 nitrogen and oxygen atoms in total. The molecule has 1 aromatic heterocycles. The predicted octanol–water partition coefficient (Wildman–Crippen LogP) is 4.01. The Bertz CT molecular complexity index is 1020. The molecule has 0 aliphatic heterocycles. The number of nitro groups is 1. The van der Waals surface area contributed by atoms with Gasteiger partial charge >= 0.3 is 0 Å². The molecule has 2 aromatic carbocycles. The van der Waals surface area contributed by atoms with Crippen LogP contribution in [0.25, 0.3) is 0 Å². The second-order valence-electron chi connectivity index (χ2n) is 5.78. The van der Waals surface area contributed by atoms with Gasteiger partial charge < -0.3 is 9.47 Å². The smallest absolute Gasteiger partial charge is 0.271 e. The average Bonchev–Trinajstić information content (AvgIpc) is 3.26. The van der Waals surface area contributed by atoms with Gasteiger partial charge in [-0.2, -0.15) is 5.10 Å². The monoisotopic (exact) mass is 411 g/mol. The summed E-state index contributed by atoms with van der Waals surface area (Å²) in [5, 5.41) is 16.6. The van der Waals surface area contributed by atoms with Crippen LogP contribution in [0.2, 0.25) is 0 Å². The maximum Gasteiger partial charge on any atom is 0.271 e. The summed E-state index contributed by atoms with van der Waals surface area (Å²) in [5.74, 6) is 0.680. The maximum absolute atomic E-state index is 12.1. The molecule has 0 aliphatic carbocycles. The van der Waals surface area contributed by atoms with E-state index in [0.717, 1.165) is 4.88 Å². The summed E-state index contributed by atoms with van der Waals surface area (Å²) in [7, 11) is 1.55. The second-order valence-corrected chi connectivity index (χ2v) is 6.81. The summed E-state index contributed by atoms with van der Waals surface area (Å²) in [6, 6.07) is 14.5. The topological polar surface area (TPSA) is 103 Å². The number of thiophene rings is 1. The number of ether oxygens (including phenoxy) is 2. The summed E-state index contributed by atoms with van der Waals surface area (Å²) >= 11 is 1.61. The number of benzene rings is 2. The number of rotatable bonds is 8. The molecule has 0 radical (unpaired) electrons. The normalized spacial score (nSPS) is 10.7. The highest BCUT2D eigenvalue weighted by Gasteiger charge is 2.09. The molecule has 0 unspecified atom stereocenters. The quantitative estimate of drug-likeness (QED) is 0.343. The fourth-order valence-corrected chi connectivity index (χ4v) is 3.01. The van der Waals surface area contributed by atoms with Crippen LogP contribution in [-0.2, 0) is 6.61 Å². The number of methoxy groups -OCH3 is 1. The highest BCUT2D eigenvalue weighted by molar-refractivity contribution is 7.09. The molecule has 1 heterocycles. The lowest BCUT2D eigenvalue weighted by Crippen LogP contribution is -2.17. The Morgan fingerprint density at radius 1 is 1.21 bits per heavy atom. The van der Waals surface area contributed by atoms with Crippen molar-refractivity contribution in [1.82, 2.24) is 5.43 Å². The molecule has 0 saturated heterocycles. The second kappa shape index (κ2) is 9.47. The number of hydrazone groups is 1. The van der Waals surface area contributed by atoms with Gasteiger partial charge in [-0.05, 0) is 47.3 Å². The van der Waals surface area contributed by atoms with Crippen molar-refractivity contribution in [2.24, 2.45) is 5.10 Å². The van der Waals surface area contributed by atoms with Crippen LogP contribution in [0.4, 0.5) is 5.69 Å². The van der Waals surface area contributed by atoms with Gasteiger partial charge in [0.25, 0.3) is 11.6 Å². The van der Waals surface area contributed by atoms with Crippen molar-refractivity contribution < 1.29 is 19.2 Å². The molecule has 0 aliphatic rings. The molecule has 9 heteroatoms. The first-order valence-corrected chi connectivity index (χ1v) is 9.36. The first-order valence-electron chi connectivity index (χ1n) is 8.48. The highest BCUT2D eigenvalue weighted by atomic mass is 32.1. The fraction of sp³-hybridized carbons (Fsp3) is 0.100. The number of nitrogens with zero attached hydrogens (tertiary/aromatic N) is 2. The zero-order chi connectivity index (χ0) is 20.6. The minimum atomic E-state index is -0.527. The Hall–Kier alpha value is -3.72. The third-order valence-corrected chi connectivity index (χ3v) is 4.71. The van der Waals surface area contributed by atoms with Gasteiger partial charge in [0.15, 0.2) is 11.5 Å². The molecule has 29 heavy (non-hydrogen) atoms. The van der Waals surface area contributed by atoms with Gasteiger partial charge in [-0.3, -0.25) is 14.9 Å². The summed E-state index contributed by atoms with van der Waals surface area (Å²) in [4.78, 5) is 23.3. The molecule has 1 N–H and O–H groups in total. The SMILES string of the molecule is COc1cc(/C=N\NC(=O)c2ccc([N+](=O)[O-])cc2)ccc1OCc1cccs1. The fourth-order valence-electron chi connectivity index (χ4n) is 2.39. The average molecular weight is 411 g/mol. The van der Waals surface area contributed by atoms with E-state index in [9.17, 15) is 14.9 Å². The number of non-ortho nitro benzene ring substituents is 1. The van der Waals surface area contributed by atoms with E-state index in [1.54, 1.807) is 36.6 Å². The van der Waals surface area contributed by atoms with E-state index >= 15 is 0 Å². The molecule has 0 spiro atoms. The number of nitro benzene ring substituents is 1. The van der Waals surface area contributed by atoms with Gasteiger partial charge in [-0.1, -0.05) is 6.07 Å². The zero-order valence-corrected chi connectivity index (χ0v) is 16.2. The standard InChI is InChI=1S/C20H17N3O5S/c1-27-19-11-14(4-9-18(19)28-13-17-3-2-10-29-17)12-21-22-20(24)15-5-7-16(8-6-15)23(25)26/h2-12H,13H2,1H3,(H,22,24)/b21-12-. The van der Waals surface area contributed by atoms with Crippen LogP contribution in [0, 0.1) is 10.1 Å². The van der Waals surface area contributed by atoms with Crippen LogP contribution in [0.3, 0.4) is 0 Å². The zero-order valence-electron chi connectivity index (χ0n) is 15.4. The van der Waals surface area contributed by atoms with E-state index in [-0.39, 0.29) is 11.3 Å². The largest absolute Gasteiger partial charge is 0.493 e. The lowest BCUT2D eigenvalue weighted by molar-refractivity contribution is -0.384. The van der Waals surface area contributed by atoms with Crippen molar-refractivity contribution in [1.29, 1.82) is 0 Å². The third kappa shape index (κ3) is 5.39. The van der Waals surface area contributed by atoms with Crippen LogP contribution in [0.1, 0.15) is 20.8 Å². The predicted molar refractivity (Wildman–Crippen MR) is 110 cm³/mol. The lowest BCUT2D eigenvalue weighted by atomic mass is 10.2. The van der Waals surface area contributed by atoms with Gasteiger partial charge in [0.2, 0.25) is 0 Å². The first kappa shape index (κ1) is 20.0. The van der Waals surface area contributed by atoms with Crippen LogP contribution >= 0.6 is 11.3 Å². The van der Waals surface area contributed by atoms with Crippen LogP contribution in [0.5, 0.6) is 11.5 Å². The van der Waals surface area contributed by atoms with Gasteiger partial charge in [0, 0.05) is 22.6 Å². The van der Waals surface area contributed by atoms with Gasteiger partial charge in [0.1, 0.15) is 6.61 Å². The van der Waals surface area contributed by atoms with Gasteiger partial charge in [0.05, 0.1) is 18.2 Å². The minimum Gasteiger partial charge on any atom is -0.493 e. The first-order chi connectivity index (χ1) is 14.1. The van der Waals surface area contributed by atoms with E-state index < -0.39 is 10.8 Å². The molecule has 1 amide bonds. The molecule has 148 valence electrons. The maximum atomic E-state index is 12.1. The summed E-state index contributed by atoms with van der Waals surface area (Å²) in [5.41, 5.74) is 3.27. The molecule has 0 fully saturated rings. The van der Waals surface area contributed by atoms with Gasteiger partial charge in [-0.15, -0.1) is 11.3 Å². The van der Waals surface area contributed by atoms with Crippen molar-refractivity contribution >= 4 is 29.1 Å². The van der Waals surface area contributed by atoms with Crippen LogP contribution < -0.4 is 14.9 Å². The number of hydrogen-bond donors (Lipinski definition) is 1. The molecule has 3 aromatic rings. The summed E-state index contributed by atoms with van der Waals surface area (Å²) in [6.45, 7) is 0.451. The Balaban J connectivity index is 1.60. The van der Waals surface area contributed by atoms with Crippen molar-refractivity contribution in [2.45, 2.75) is 6.61 Å². The van der Waals surface area contributed by atoms with Crippen molar-refractivity contribution in [3.63, 3.8) is 0 Å². The lowest BCUT2D eigenvalue weighted by Gasteiger charge is -2.10. The Labute approximate surface area is 170 Å². The number of hydrogen-bond acceptors (Lipinski definition) is 7. The molecule has 3 rings (SSSR count). The number of amides is 1. The summed E-state index contributed by atoms with van der Waals surface area (Å²) < 4.78 is 11.1. The third-order valence-electron chi connectivity index (χ3n) is 3.86. The van der Waals surface area contributed by atoms with Crippen LogP contribution in [0.15, 0.2) is 65.1 Å². The van der Waals surface area contributed by atoms with Gasteiger partial charge in [-0.25, -0.2) is 5.43 Å². The number of nitrogens with one attached hydrogen (secondary N) is 1. The van der Waals surface area contributed by atoms with Crippen molar-refractivity contribution in [3.05, 3.63) is 86.1 Å². The molecular weight excluding hydrogens is 394 g/mol. The molecular formula is C20H17N3O5S. The summed E-state index contributed by atoms with van der Waals surface area (Å²) in [6.07, 6.45) is 1.47.